The van der Waals surface area contributed by atoms with E-state index in [2.05, 4.69) is 5.32 Å². The van der Waals surface area contributed by atoms with Gasteiger partial charge in [-0.25, -0.2) is 0 Å². The van der Waals surface area contributed by atoms with Crippen molar-refractivity contribution >= 4 is 75.3 Å². The highest BCUT2D eigenvalue weighted by molar-refractivity contribution is 6.55. The van der Waals surface area contributed by atoms with Gasteiger partial charge in [0, 0.05) is 23.7 Å². The second kappa shape index (κ2) is 11.4. The summed E-state index contributed by atoms with van der Waals surface area (Å²) in [6.07, 6.45) is 2.21. The Labute approximate surface area is 188 Å². The van der Waals surface area contributed by atoms with Crippen LogP contribution in [0.15, 0.2) is 40.9 Å². The van der Waals surface area contributed by atoms with Gasteiger partial charge in [-0.1, -0.05) is 69.6 Å². The number of ether oxygens (including phenoxy) is 2. The first-order valence-corrected chi connectivity index (χ1v) is 10.1. The Kier molecular flexibility index (Phi) is 9.51. The third-order valence-electron chi connectivity index (χ3n) is 3.27. The summed E-state index contributed by atoms with van der Waals surface area (Å²) in [5.41, 5.74) is 0.771. The molecule has 0 unspecified atom stereocenters. The zero-order valence-corrected chi connectivity index (χ0v) is 18.4. The normalized spacial score (nSPS) is 10.4. The first-order chi connectivity index (χ1) is 12.9. The molecule has 0 saturated carbocycles. The van der Waals surface area contributed by atoms with Gasteiger partial charge < -0.3 is 14.8 Å². The van der Waals surface area contributed by atoms with Crippen molar-refractivity contribution in [1.29, 1.82) is 0 Å². The van der Waals surface area contributed by atoms with E-state index in [0.717, 1.165) is 5.69 Å². The second-order valence-electron chi connectivity index (χ2n) is 5.27. The van der Waals surface area contributed by atoms with Gasteiger partial charge in [0.1, 0.15) is 16.8 Å². The number of hydrogen-bond acceptors (Lipinski definition) is 3. The van der Waals surface area contributed by atoms with Crippen LogP contribution in [-0.2, 0) is 0 Å². The lowest BCUT2D eigenvalue weighted by Crippen LogP contribution is -2.08. The van der Waals surface area contributed by atoms with Crippen LogP contribution < -0.4 is 14.8 Å². The summed E-state index contributed by atoms with van der Waals surface area (Å²) in [6, 6.07) is 8.47. The van der Waals surface area contributed by atoms with Crippen LogP contribution in [0.4, 0.5) is 5.69 Å². The summed E-state index contributed by atoms with van der Waals surface area (Å²) < 4.78 is 11.3. The van der Waals surface area contributed by atoms with Crippen molar-refractivity contribution in [2.45, 2.75) is 6.42 Å². The van der Waals surface area contributed by atoms with Crippen molar-refractivity contribution in [2.75, 3.05) is 25.1 Å². The lowest BCUT2D eigenvalue weighted by Gasteiger charge is -2.13. The fourth-order valence-electron chi connectivity index (χ4n) is 2.06. The first kappa shape index (κ1) is 22.6. The molecule has 2 aromatic rings. The van der Waals surface area contributed by atoms with E-state index < -0.39 is 0 Å². The highest BCUT2D eigenvalue weighted by Gasteiger charge is 2.10. The molecule has 0 saturated heterocycles. The molecule has 0 aromatic heterocycles. The molecule has 0 fully saturated rings. The first-order valence-electron chi connectivity index (χ1n) is 7.81. The molecular weight excluding hydrogens is 475 g/mol. The molecule has 0 amide bonds. The van der Waals surface area contributed by atoms with Gasteiger partial charge in [-0.05, 0) is 30.7 Å². The summed E-state index contributed by atoms with van der Waals surface area (Å²) >= 11 is 35.5. The van der Waals surface area contributed by atoms with Gasteiger partial charge in [-0.15, -0.1) is 0 Å². The molecule has 9 heteroatoms. The lowest BCUT2D eigenvalue weighted by molar-refractivity contribution is 0.313. The fourth-order valence-corrected chi connectivity index (χ4v) is 3.12. The molecule has 0 bridgehead atoms. The van der Waals surface area contributed by atoms with Crippen molar-refractivity contribution in [2.24, 2.45) is 0 Å². The Morgan fingerprint density at radius 3 is 2.30 bits per heavy atom. The zero-order chi connectivity index (χ0) is 19.8. The minimum Gasteiger partial charge on any atom is -0.490 e. The summed E-state index contributed by atoms with van der Waals surface area (Å²) in [7, 11) is 0. The average molecular weight is 490 g/mol. The van der Waals surface area contributed by atoms with Gasteiger partial charge in [0.25, 0.3) is 0 Å². The molecular formula is C18H15Cl6NO2. The Bertz CT molecular complexity index is 785. The molecule has 27 heavy (non-hydrogen) atoms. The van der Waals surface area contributed by atoms with E-state index in [4.69, 9.17) is 79.1 Å². The van der Waals surface area contributed by atoms with Crippen LogP contribution in [0, 0.1) is 0 Å². The van der Waals surface area contributed by atoms with Gasteiger partial charge in [0.2, 0.25) is 0 Å². The predicted molar refractivity (Wildman–Crippen MR) is 117 cm³/mol. The molecule has 0 spiro atoms. The Morgan fingerprint density at radius 1 is 0.926 bits per heavy atom. The number of nitrogens with one attached hydrogen (secondary N) is 1. The summed E-state index contributed by atoms with van der Waals surface area (Å²) in [5.74, 6) is 0.887. The van der Waals surface area contributed by atoms with E-state index in [1.165, 1.54) is 6.08 Å². The van der Waals surface area contributed by atoms with E-state index in [0.29, 0.717) is 51.2 Å². The van der Waals surface area contributed by atoms with Crippen molar-refractivity contribution in [3.8, 4) is 11.5 Å². The van der Waals surface area contributed by atoms with E-state index in [1.54, 1.807) is 30.3 Å². The van der Waals surface area contributed by atoms with Gasteiger partial charge in [-0.2, -0.15) is 0 Å². The molecule has 0 aliphatic rings. The number of hydrogen-bond donors (Lipinski definition) is 1. The zero-order valence-electron chi connectivity index (χ0n) is 13.9. The fraction of sp³-hybridized carbons (Fsp3) is 0.222. The van der Waals surface area contributed by atoms with Gasteiger partial charge in [-0.3, -0.25) is 0 Å². The Hall–Kier alpha value is -0.680. The average Bonchev–Trinajstić information content (AvgIpc) is 2.59. The Balaban J connectivity index is 1.83. The largest absolute Gasteiger partial charge is 0.490 e. The van der Waals surface area contributed by atoms with Crippen LogP contribution in [0.1, 0.15) is 6.42 Å². The van der Waals surface area contributed by atoms with Crippen molar-refractivity contribution in [3.05, 3.63) is 61.0 Å². The molecule has 3 nitrogen and oxygen atoms in total. The van der Waals surface area contributed by atoms with Crippen molar-refractivity contribution < 1.29 is 9.47 Å². The molecule has 0 radical (unpaired) electrons. The van der Waals surface area contributed by atoms with Gasteiger partial charge in [0.15, 0.2) is 5.75 Å². The highest BCUT2D eigenvalue weighted by Crippen LogP contribution is 2.37. The minimum atomic E-state index is 0.125. The third-order valence-corrected chi connectivity index (χ3v) is 4.71. The van der Waals surface area contributed by atoms with E-state index in [-0.39, 0.29) is 11.1 Å². The third kappa shape index (κ3) is 7.69. The smallest absolute Gasteiger partial charge is 0.156 e. The molecule has 146 valence electrons. The van der Waals surface area contributed by atoms with Gasteiger partial charge >= 0.3 is 0 Å². The topological polar surface area (TPSA) is 30.5 Å². The van der Waals surface area contributed by atoms with Crippen LogP contribution in [0.2, 0.25) is 20.1 Å². The summed E-state index contributed by atoms with van der Waals surface area (Å²) in [5, 5.41) is 5.12. The summed E-state index contributed by atoms with van der Waals surface area (Å²) in [6.45, 7) is 1.25. The van der Waals surface area contributed by atoms with E-state index in [1.807, 2.05) is 0 Å². The number of benzene rings is 2. The maximum absolute atomic E-state index is 6.22. The van der Waals surface area contributed by atoms with Crippen molar-refractivity contribution in [3.63, 3.8) is 0 Å². The molecule has 1 N–H and O–H groups in total. The molecule has 2 rings (SSSR count). The quantitative estimate of drug-likeness (QED) is 0.363. The summed E-state index contributed by atoms with van der Waals surface area (Å²) in [4.78, 5) is 0. The molecule has 0 aliphatic heterocycles. The van der Waals surface area contributed by atoms with Crippen LogP contribution in [0.3, 0.4) is 0 Å². The maximum atomic E-state index is 6.22. The van der Waals surface area contributed by atoms with Crippen LogP contribution in [0.5, 0.6) is 11.5 Å². The number of anilines is 1. The molecule has 0 atom stereocenters. The van der Waals surface area contributed by atoms with Gasteiger partial charge in [0.05, 0.1) is 27.4 Å². The monoisotopic (exact) mass is 487 g/mol. The molecule has 2 aromatic carbocycles. The lowest BCUT2D eigenvalue weighted by atomic mass is 10.3. The number of rotatable bonds is 9. The number of halogens is 6. The Morgan fingerprint density at radius 2 is 1.63 bits per heavy atom. The molecule has 0 aliphatic carbocycles. The molecule has 0 heterocycles. The SMILES string of the molecule is ClC(Cl)=CCOc1cc(Cl)c(OCCCNc2cc(Cl)ccc2Cl)c(Cl)c1. The van der Waals surface area contributed by atoms with Crippen LogP contribution >= 0.6 is 69.6 Å². The highest BCUT2D eigenvalue weighted by atomic mass is 35.5. The van der Waals surface area contributed by atoms with Crippen molar-refractivity contribution in [1.82, 2.24) is 0 Å². The van der Waals surface area contributed by atoms with E-state index in [9.17, 15) is 0 Å². The predicted octanol–water partition coefficient (Wildman–Crippen LogP) is 7.88. The standard InChI is InChI=1S/C18H15Cl6NO2/c19-11-2-3-13(20)16(8-11)25-5-1-6-27-18-14(21)9-12(10-15(18)22)26-7-4-17(23)24/h2-4,8-10,25H,1,5-7H2. The second-order valence-corrected chi connectivity index (χ2v) is 7.94. The maximum Gasteiger partial charge on any atom is 0.156 e. The van der Waals surface area contributed by atoms with Crippen LogP contribution in [-0.4, -0.2) is 19.8 Å². The van der Waals surface area contributed by atoms with Crippen LogP contribution in [0.25, 0.3) is 0 Å². The minimum absolute atomic E-state index is 0.125. The van der Waals surface area contributed by atoms with E-state index >= 15 is 0 Å².